The summed E-state index contributed by atoms with van der Waals surface area (Å²) in [5, 5.41) is 5.09. The minimum atomic E-state index is 0.549. The van der Waals surface area contributed by atoms with Gasteiger partial charge < -0.3 is 4.74 Å². The van der Waals surface area contributed by atoms with Gasteiger partial charge in [0.25, 0.3) is 0 Å². The Balaban J connectivity index is 1.71. The molecule has 0 amide bonds. The van der Waals surface area contributed by atoms with Crippen LogP contribution >= 0.6 is 11.6 Å². The zero-order valence-electron chi connectivity index (χ0n) is 10.1. The monoisotopic (exact) mass is 262 g/mol. The summed E-state index contributed by atoms with van der Waals surface area (Å²) in [7, 11) is 0. The normalized spacial score (nSPS) is 16.1. The number of halogens is 1. The van der Waals surface area contributed by atoms with Gasteiger partial charge in [0.2, 0.25) is 0 Å². The lowest BCUT2D eigenvalue weighted by Gasteiger charge is -2.08. The number of nitrogens with zero attached hydrogens (tertiary/aromatic N) is 2. The van der Waals surface area contributed by atoms with Crippen molar-refractivity contribution in [1.29, 1.82) is 0 Å². The predicted octanol–water partition coefficient (Wildman–Crippen LogP) is 4.44. The molecule has 0 saturated heterocycles. The first-order chi connectivity index (χ1) is 8.81. The van der Waals surface area contributed by atoms with Gasteiger partial charge in [-0.25, -0.2) is 0 Å². The molecule has 0 radical (unpaired) electrons. The van der Waals surface area contributed by atoms with Crippen LogP contribution in [0.4, 0.5) is 0 Å². The molecule has 1 aliphatic carbocycles. The third-order valence-corrected chi connectivity index (χ3v) is 3.58. The van der Waals surface area contributed by atoms with Crippen molar-refractivity contribution in [2.45, 2.75) is 31.7 Å². The highest BCUT2D eigenvalue weighted by molar-refractivity contribution is 6.30. The van der Waals surface area contributed by atoms with Gasteiger partial charge >= 0.3 is 0 Å². The molecule has 2 aromatic rings. The van der Waals surface area contributed by atoms with Crippen molar-refractivity contribution in [3.8, 4) is 11.5 Å². The first-order valence-electron chi connectivity index (χ1n) is 6.29. The van der Waals surface area contributed by atoms with E-state index in [0.29, 0.717) is 11.1 Å². The lowest BCUT2D eigenvalue weighted by molar-refractivity contribution is 0.456. The topological polar surface area (TPSA) is 27.1 Å². The fraction of sp³-hybridized carbons (Fsp3) is 0.357. The van der Waals surface area contributed by atoms with Crippen LogP contribution in [0.1, 0.15) is 31.7 Å². The largest absolute Gasteiger partial charge is 0.454 e. The Kier molecular flexibility index (Phi) is 3.24. The standard InChI is InChI=1S/C14H15ClN2O/c15-11-5-7-13(8-6-11)18-14-9-16-17(10-14)12-3-1-2-4-12/h5-10,12H,1-4H2. The van der Waals surface area contributed by atoms with E-state index in [2.05, 4.69) is 5.10 Å². The van der Waals surface area contributed by atoms with Gasteiger partial charge in [-0.15, -0.1) is 0 Å². The maximum atomic E-state index is 5.83. The Morgan fingerprint density at radius 3 is 2.56 bits per heavy atom. The maximum Gasteiger partial charge on any atom is 0.165 e. The molecule has 18 heavy (non-hydrogen) atoms. The number of benzene rings is 1. The highest BCUT2D eigenvalue weighted by Gasteiger charge is 2.17. The molecule has 0 N–H and O–H groups in total. The van der Waals surface area contributed by atoms with Gasteiger partial charge in [0.05, 0.1) is 18.4 Å². The predicted molar refractivity (Wildman–Crippen MR) is 71.3 cm³/mol. The molecule has 4 heteroatoms. The van der Waals surface area contributed by atoms with E-state index in [1.54, 1.807) is 6.20 Å². The van der Waals surface area contributed by atoms with Crippen LogP contribution in [0.15, 0.2) is 36.7 Å². The molecule has 1 aromatic heterocycles. The van der Waals surface area contributed by atoms with Crippen molar-refractivity contribution in [2.24, 2.45) is 0 Å². The fourth-order valence-corrected chi connectivity index (χ4v) is 2.51. The lowest BCUT2D eigenvalue weighted by Crippen LogP contribution is -2.04. The molecule has 1 saturated carbocycles. The van der Waals surface area contributed by atoms with Crippen molar-refractivity contribution in [2.75, 3.05) is 0 Å². The Bertz CT molecular complexity index is 515. The summed E-state index contributed by atoms with van der Waals surface area (Å²) in [6, 6.07) is 7.90. The van der Waals surface area contributed by atoms with Crippen LogP contribution in [0.25, 0.3) is 0 Å². The minimum absolute atomic E-state index is 0.549. The summed E-state index contributed by atoms with van der Waals surface area (Å²) in [6.45, 7) is 0. The summed E-state index contributed by atoms with van der Waals surface area (Å²) in [5.74, 6) is 1.56. The van der Waals surface area contributed by atoms with Gasteiger partial charge in [-0.3, -0.25) is 4.68 Å². The average molecular weight is 263 g/mol. The summed E-state index contributed by atoms with van der Waals surface area (Å²) in [4.78, 5) is 0. The first kappa shape index (κ1) is 11.6. The van der Waals surface area contributed by atoms with E-state index in [-0.39, 0.29) is 0 Å². The summed E-state index contributed by atoms with van der Waals surface area (Å²) in [6.07, 6.45) is 8.80. The molecule has 1 aromatic carbocycles. The smallest absolute Gasteiger partial charge is 0.165 e. The van der Waals surface area contributed by atoms with Gasteiger partial charge in [0.15, 0.2) is 5.75 Å². The fourth-order valence-electron chi connectivity index (χ4n) is 2.38. The molecule has 0 aliphatic heterocycles. The van der Waals surface area contributed by atoms with Gasteiger partial charge in [-0.05, 0) is 37.1 Å². The van der Waals surface area contributed by atoms with Crippen molar-refractivity contribution in [1.82, 2.24) is 9.78 Å². The second-order valence-electron chi connectivity index (χ2n) is 4.65. The number of aromatic nitrogens is 2. The zero-order valence-corrected chi connectivity index (χ0v) is 10.8. The van der Waals surface area contributed by atoms with Crippen molar-refractivity contribution >= 4 is 11.6 Å². The molecule has 94 valence electrons. The number of hydrogen-bond acceptors (Lipinski definition) is 2. The van der Waals surface area contributed by atoms with Gasteiger partial charge in [0, 0.05) is 5.02 Å². The second-order valence-corrected chi connectivity index (χ2v) is 5.09. The van der Waals surface area contributed by atoms with E-state index in [1.165, 1.54) is 25.7 Å². The third kappa shape index (κ3) is 2.51. The van der Waals surface area contributed by atoms with Crippen molar-refractivity contribution < 1.29 is 4.74 Å². The minimum Gasteiger partial charge on any atom is -0.454 e. The van der Waals surface area contributed by atoms with E-state index >= 15 is 0 Å². The third-order valence-electron chi connectivity index (χ3n) is 3.33. The summed E-state index contributed by atoms with van der Waals surface area (Å²) in [5.41, 5.74) is 0. The molecular weight excluding hydrogens is 248 g/mol. The average Bonchev–Trinajstić information content (AvgIpc) is 3.02. The van der Waals surface area contributed by atoms with Crippen LogP contribution in [0.5, 0.6) is 11.5 Å². The molecule has 0 atom stereocenters. The van der Waals surface area contributed by atoms with Crippen LogP contribution < -0.4 is 4.74 Å². The Hall–Kier alpha value is -1.48. The highest BCUT2D eigenvalue weighted by atomic mass is 35.5. The quantitative estimate of drug-likeness (QED) is 0.817. The Morgan fingerprint density at radius 1 is 1.11 bits per heavy atom. The Labute approximate surface area is 111 Å². The van der Waals surface area contributed by atoms with Gasteiger partial charge in [0.1, 0.15) is 5.75 Å². The molecule has 3 rings (SSSR count). The maximum absolute atomic E-state index is 5.83. The number of hydrogen-bond donors (Lipinski definition) is 0. The summed E-state index contributed by atoms with van der Waals surface area (Å²) < 4.78 is 7.76. The molecule has 0 spiro atoms. The zero-order chi connectivity index (χ0) is 12.4. The van der Waals surface area contributed by atoms with Crippen molar-refractivity contribution in [3.05, 3.63) is 41.7 Å². The molecular formula is C14H15ClN2O. The lowest BCUT2D eigenvalue weighted by atomic mass is 10.3. The number of rotatable bonds is 3. The molecule has 1 heterocycles. The second kappa shape index (κ2) is 5.02. The summed E-state index contributed by atoms with van der Waals surface area (Å²) >= 11 is 5.83. The Morgan fingerprint density at radius 2 is 1.83 bits per heavy atom. The SMILES string of the molecule is Clc1ccc(Oc2cnn(C3CCCC3)c2)cc1. The molecule has 0 bridgehead atoms. The van der Waals surface area contributed by atoms with E-state index in [9.17, 15) is 0 Å². The van der Waals surface area contributed by atoms with Crippen LogP contribution in [0.2, 0.25) is 5.02 Å². The van der Waals surface area contributed by atoms with E-state index < -0.39 is 0 Å². The van der Waals surface area contributed by atoms with Gasteiger partial charge in [-0.1, -0.05) is 24.4 Å². The van der Waals surface area contributed by atoms with Crippen molar-refractivity contribution in [3.63, 3.8) is 0 Å². The van der Waals surface area contributed by atoms with Crippen LogP contribution in [0.3, 0.4) is 0 Å². The van der Waals surface area contributed by atoms with Crippen LogP contribution in [-0.2, 0) is 0 Å². The molecule has 3 nitrogen and oxygen atoms in total. The number of ether oxygens (including phenoxy) is 1. The first-order valence-corrected chi connectivity index (χ1v) is 6.67. The molecule has 1 aliphatic rings. The van der Waals surface area contributed by atoms with Gasteiger partial charge in [-0.2, -0.15) is 5.10 Å². The van der Waals surface area contributed by atoms with E-state index in [0.717, 1.165) is 11.5 Å². The highest BCUT2D eigenvalue weighted by Crippen LogP contribution is 2.30. The molecule has 0 unspecified atom stereocenters. The van der Waals surface area contributed by atoms with Crippen LogP contribution in [-0.4, -0.2) is 9.78 Å². The van der Waals surface area contributed by atoms with E-state index in [1.807, 2.05) is 35.1 Å². The molecule has 1 fully saturated rings. The van der Waals surface area contributed by atoms with Crippen LogP contribution in [0, 0.1) is 0 Å². The van der Waals surface area contributed by atoms with E-state index in [4.69, 9.17) is 16.3 Å².